The molecule has 0 aromatic carbocycles. The van der Waals surface area contributed by atoms with E-state index in [9.17, 15) is 19.2 Å². The zero-order valence-electron chi connectivity index (χ0n) is 30.8. The summed E-state index contributed by atoms with van der Waals surface area (Å²) in [6.07, 6.45) is 34.1. The van der Waals surface area contributed by atoms with Gasteiger partial charge in [-0.2, -0.15) is 0 Å². The SMILES string of the molecule is CCCCCCCCC/C=C\CCCCCCCCCC(=O)OC(CCCCCC)CCCCCC(=O)NCC(=O)NC(CO)C(=O)O. The topological polar surface area (TPSA) is 142 Å². The molecular weight excluding hydrogens is 608 g/mol. The number of nitrogens with one attached hydrogen (secondary N) is 2. The van der Waals surface area contributed by atoms with Crippen molar-refractivity contribution >= 4 is 23.8 Å². The highest BCUT2D eigenvalue weighted by Crippen LogP contribution is 2.18. The van der Waals surface area contributed by atoms with E-state index in [2.05, 4.69) is 36.6 Å². The first kappa shape index (κ1) is 45.6. The number of amides is 2. The quantitative estimate of drug-likeness (QED) is 0.0298. The third-order valence-corrected chi connectivity index (χ3v) is 8.76. The van der Waals surface area contributed by atoms with Crippen LogP contribution in [0.1, 0.15) is 187 Å². The van der Waals surface area contributed by atoms with Crippen LogP contribution in [-0.4, -0.2) is 59.3 Å². The van der Waals surface area contributed by atoms with Gasteiger partial charge in [0.2, 0.25) is 11.8 Å². The van der Waals surface area contributed by atoms with Gasteiger partial charge < -0.3 is 25.6 Å². The summed E-state index contributed by atoms with van der Waals surface area (Å²) in [7, 11) is 0. The van der Waals surface area contributed by atoms with Crippen molar-refractivity contribution in [3.8, 4) is 0 Å². The number of allylic oxidation sites excluding steroid dienone is 2. The van der Waals surface area contributed by atoms with E-state index >= 15 is 0 Å². The van der Waals surface area contributed by atoms with Crippen molar-refractivity contribution in [1.29, 1.82) is 0 Å². The molecule has 2 amide bonds. The summed E-state index contributed by atoms with van der Waals surface area (Å²) >= 11 is 0. The predicted octanol–water partition coefficient (Wildman–Crippen LogP) is 8.70. The van der Waals surface area contributed by atoms with Crippen molar-refractivity contribution in [2.45, 2.75) is 199 Å². The lowest BCUT2D eigenvalue weighted by molar-refractivity contribution is -0.150. The Labute approximate surface area is 292 Å². The lowest BCUT2D eigenvalue weighted by Gasteiger charge is -2.18. The highest BCUT2D eigenvalue weighted by molar-refractivity contribution is 5.87. The Morgan fingerprint density at radius 3 is 1.58 bits per heavy atom. The Bertz CT molecular complexity index is 833. The first-order valence-electron chi connectivity index (χ1n) is 19.6. The molecule has 0 saturated carbocycles. The summed E-state index contributed by atoms with van der Waals surface area (Å²) in [5.41, 5.74) is 0. The van der Waals surface area contributed by atoms with E-state index in [0.717, 1.165) is 57.8 Å². The van der Waals surface area contributed by atoms with Crippen molar-refractivity contribution in [2.24, 2.45) is 0 Å². The van der Waals surface area contributed by atoms with Gasteiger partial charge in [-0.1, -0.05) is 122 Å². The maximum Gasteiger partial charge on any atom is 0.328 e. The zero-order chi connectivity index (χ0) is 35.5. The molecule has 9 heteroatoms. The van der Waals surface area contributed by atoms with Crippen LogP contribution in [0.25, 0.3) is 0 Å². The van der Waals surface area contributed by atoms with Crippen LogP contribution in [0, 0.1) is 0 Å². The number of carbonyl (C=O) groups excluding carboxylic acids is 3. The highest BCUT2D eigenvalue weighted by Gasteiger charge is 2.19. The molecule has 2 atom stereocenters. The molecule has 0 fully saturated rings. The average molecular weight is 681 g/mol. The number of hydrogen-bond acceptors (Lipinski definition) is 6. The molecule has 2 unspecified atom stereocenters. The maximum absolute atomic E-state index is 12.6. The van der Waals surface area contributed by atoms with E-state index in [-0.39, 0.29) is 30.9 Å². The second kappa shape index (κ2) is 34.4. The highest BCUT2D eigenvalue weighted by atomic mass is 16.5. The number of unbranched alkanes of at least 4 members (excludes halogenated alkanes) is 19. The first-order valence-corrected chi connectivity index (χ1v) is 19.6. The summed E-state index contributed by atoms with van der Waals surface area (Å²) in [5, 5.41) is 22.5. The molecule has 48 heavy (non-hydrogen) atoms. The number of aliphatic hydroxyl groups is 1. The van der Waals surface area contributed by atoms with Crippen molar-refractivity contribution in [3.05, 3.63) is 12.2 Å². The van der Waals surface area contributed by atoms with Gasteiger partial charge in [-0.3, -0.25) is 14.4 Å². The fraction of sp³-hybridized carbons (Fsp3) is 0.846. The molecule has 9 nitrogen and oxygen atoms in total. The Balaban J connectivity index is 3.99. The normalized spacial score (nSPS) is 12.6. The molecule has 4 N–H and O–H groups in total. The van der Waals surface area contributed by atoms with Gasteiger partial charge in [-0.25, -0.2) is 4.79 Å². The monoisotopic (exact) mass is 681 g/mol. The maximum atomic E-state index is 12.6. The van der Waals surface area contributed by atoms with E-state index in [1.54, 1.807) is 0 Å². The van der Waals surface area contributed by atoms with Crippen LogP contribution in [0.5, 0.6) is 0 Å². The average Bonchev–Trinajstić information content (AvgIpc) is 3.07. The standard InChI is InChI=1S/C39H72N2O7/c1-3-5-7-9-10-11-12-13-14-15-16-17-18-19-20-21-22-27-31-38(45)48-34(28-24-8-6-4-2)29-25-23-26-30-36(43)40-32-37(44)41-35(33-42)39(46)47/h14-15,34-35,42H,3-13,16-33H2,1-2H3,(H,40,43)(H,41,44)(H,46,47)/b15-14-. The minimum absolute atomic E-state index is 0.0785. The Hall–Kier alpha value is -2.42. The van der Waals surface area contributed by atoms with Crippen LogP contribution in [0.2, 0.25) is 0 Å². The largest absolute Gasteiger partial charge is 0.480 e. The number of carboxylic acids is 1. The van der Waals surface area contributed by atoms with Gasteiger partial charge in [-0.15, -0.1) is 0 Å². The molecule has 0 saturated heterocycles. The van der Waals surface area contributed by atoms with Gasteiger partial charge in [0.15, 0.2) is 0 Å². The second-order valence-electron chi connectivity index (χ2n) is 13.4. The third kappa shape index (κ3) is 30.9. The van der Waals surface area contributed by atoms with Gasteiger partial charge >= 0.3 is 11.9 Å². The summed E-state index contributed by atoms with van der Waals surface area (Å²) in [6, 6.07) is -1.39. The molecule has 0 heterocycles. The van der Waals surface area contributed by atoms with Crippen LogP contribution in [0.4, 0.5) is 0 Å². The molecule has 0 aromatic heterocycles. The summed E-state index contributed by atoms with van der Waals surface area (Å²) < 4.78 is 5.89. The van der Waals surface area contributed by atoms with Crippen molar-refractivity contribution < 1.29 is 34.1 Å². The molecule has 280 valence electrons. The molecule has 0 aliphatic heterocycles. The summed E-state index contributed by atoms with van der Waals surface area (Å²) in [4.78, 5) is 47.3. The molecular formula is C39H72N2O7. The van der Waals surface area contributed by atoms with E-state index in [1.165, 1.54) is 96.3 Å². The van der Waals surface area contributed by atoms with E-state index < -0.39 is 24.5 Å². The minimum atomic E-state index is -1.39. The van der Waals surface area contributed by atoms with Crippen LogP contribution in [-0.2, 0) is 23.9 Å². The van der Waals surface area contributed by atoms with E-state index in [1.807, 2.05) is 0 Å². The third-order valence-electron chi connectivity index (χ3n) is 8.76. The molecule has 0 rings (SSSR count). The molecule has 0 aromatic rings. The molecule has 0 aliphatic rings. The minimum Gasteiger partial charge on any atom is -0.480 e. The van der Waals surface area contributed by atoms with Crippen LogP contribution < -0.4 is 10.6 Å². The van der Waals surface area contributed by atoms with Gasteiger partial charge in [0.05, 0.1) is 13.2 Å². The molecule has 0 spiro atoms. The first-order chi connectivity index (χ1) is 23.3. The Morgan fingerprint density at radius 2 is 1.06 bits per heavy atom. The number of aliphatic hydroxyl groups excluding tert-OH is 1. The smallest absolute Gasteiger partial charge is 0.328 e. The number of carboxylic acid groups (broad SMARTS) is 1. The van der Waals surface area contributed by atoms with Gasteiger partial charge in [0.1, 0.15) is 12.1 Å². The second-order valence-corrected chi connectivity index (χ2v) is 13.4. The van der Waals surface area contributed by atoms with Crippen molar-refractivity contribution in [1.82, 2.24) is 10.6 Å². The van der Waals surface area contributed by atoms with Gasteiger partial charge in [-0.05, 0) is 64.2 Å². The number of esters is 1. The number of aliphatic carboxylic acids is 1. The summed E-state index contributed by atoms with van der Waals surface area (Å²) in [6.45, 7) is 3.39. The van der Waals surface area contributed by atoms with E-state index in [4.69, 9.17) is 14.9 Å². The number of rotatable bonds is 35. The predicted molar refractivity (Wildman–Crippen MR) is 195 cm³/mol. The molecule has 0 radical (unpaired) electrons. The number of carbonyl (C=O) groups is 4. The number of ether oxygens (including phenoxy) is 1. The van der Waals surface area contributed by atoms with Crippen molar-refractivity contribution in [3.63, 3.8) is 0 Å². The van der Waals surface area contributed by atoms with Crippen LogP contribution in [0.3, 0.4) is 0 Å². The Morgan fingerprint density at radius 1 is 0.604 bits per heavy atom. The van der Waals surface area contributed by atoms with Crippen LogP contribution >= 0.6 is 0 Å². The van der Waals surface area contributed by atoms with E-state index in [0.29, 0.717) is 12.8 Å². The summed E-state index contributed by atoms with van der Waals surface area (Å²) in [5.74, 6) is -2.39. The van der Waals surface area contributed by atoms with Crippen LogP contribution in [0.15, 0.2) is 12.2 Å². The van der Waals surface area contributed by atoms with Gasteiger partial charge in [0, 0.05) is 12.8 Å². The lowest BCUT2D eigenvalue weighted by atomic mass is 10.0. The number of hydrogen-bond donors (Lipinski definition) is 4. The zero-order valence-corrected chi connectivity index (χ0v) is 30.8. The molecule has 0 aliphatic carbocycles. The lowest BCUT2D eigenvalue weighted by Crippen LogP contribution is -2.47. The fourth-order valence-corrected chi connectivity index (χ4v) is 5.71. The molecule has 0 bridgehead atoms. The Kier molecular flexibility index (Phi) is 32.7. The van der Waals surface area contributed by atoms with Crippen molar-refractivity contribution in [2.75, 3.05) is 13.2 Å². The van der Waals surface area contributed by atoms with Gasteiger partial charge in [0.25, 0.3) is 0 Å². The fourth-order valence-electron chi connectivity index (χ4n) is 5.71.